The highest BCUT2D eigenvalue weighted by atomic mass is 16.5. The second-order valence-corrected chi connectivity index (χ2v) is 6.44. The van der Waals surface area contributed by atoms with E-state index in [2.05, 4.69) is 23.1 Å². The topological polar surface area (TPSA) is 45.6 Å². The van der Waals surface area contributed by atoms with Gasteiger partial charge in [-0.05, 0) is 49.2 Å². The minimum absolute atomic E-state index is 0.189. The van der Waals surface area contributed by atoms with E-state index >= 15 is 0 Å². The molecular weight excluding hydrogens is 312 g/mol. The molecule has 0 aliphatic carbocycles. The third-order valence-corrected chi connectivity index (χ3v) is 4.98. The predicted molar refractivity (Wildman–Crippen MR) is 101 cm³/mol. The number of methoxy groups -OCH3 is 1. The first-order valence-corrected chi connectivity index (χ1v) is 8.72. The Kier molecular flexibility index (Phi) is 4.28. The van der Waals surface area contributed by atoms with Gasteiger partial charge in [-0.25, -0.2) is 4.98 Å². The molecule has 1 atom stereocenters. The summed E-state index contributed by atoms with van der Waals surface area (Å²) in [5.74, 6) is 0.838. The lowest BCUT2D eigenvalue weighted by Crippen LogP contribution is -2.32. The van der Waals surface area contributed by atoms with Gasteiger partial charge in [0.05, 0.1) is 31.0 Å². The molecule has 0 radical (unpaired) electrons. The van der Waals surface area contributed by atoms with Crippen LogP contribution >= 0.6 is 0 Å². The number of benzene rings is 2. The molecule has 25 heavy (non-hydrogen) atoms. The summed E-state index contributed by atoms with van der Waals surface area (Å²) >= 11 is 0. The van der Waals surface area contributed by atoms with Gasteiger partial charge in [-0.1, -0.05) is 18.2 Å². The van der Waals surface area contributed by atoms with Gasteiger partial charge in [-0.15, -0.1) is 0 Å². The molecule has 0 bridgehead atoms. The van der Waals surface area contributed by atoms with Crippen LogP contribution in [-0.2, 0) is 0 Å². The number of aliphatic hydroxyl groups is 1. The lowest BCUT2D eigenvalue weighted by Gasteiger charge is -2.27. The van der Waals surface area contributed by atoms with Gasteiger partial charge in [-0.3, -0.25) is 0 Å². The van der Waals surface area contributed by atoms with Crippen LogP contribution in [0.3, 0.4) is 0 Å². The molecule has 1 saturated heterocycles. The SMILES string of the molecule is COc1ccc(-c2cc(N3CCCC3CO)c3ccccc3n2)cc1. The minimum Gasteiger partial charge on any atom is -0.497 e. The van der Waals surface area contributed by atoms with E-state index in [1.165, 1.54) is 0 Å². The third kappa shape index (κ3) is 2.94. The number of para-hydroxylation sites is 1. The normalized spacial score (nSPS) is 17.2. The van der Waals surface area contributed by atoms with Crippen molar-refractivity contribution in [1.29, 1.82) is 0 Å². The molecule has 2 aromatic carbocycles. The van der Waals surface area contributed by atoms with E-state index < -0.39 is 0 Å². The van der Waals surface area contributed by atoms with Crippen LogP contribution in [0.5, 0.6) is 5.75 Å². The molecule has 4 rings (SSSR count). The molecule has 1 aromatic heterocycles. The molecular formula is C21H22N2O2. The quantitative estimate of drug-likeness (QED) is 0.787. The monoisotopic (exact) mass is 334 g/mol. The molecule has 1 aliphatic rings. The highest BCUT2D eigenvalue weighted by molar-refractivity contribution is 5.94. The van der Waals surface area contributed by atoms with Crippen molar-refractivity contribution in [3.63, 3.8) is 0 Å². The van der Waals surface area contributed by atoms with Gasteiger partial charge < -0.3 is 14.7 Å². The Morgan fingerprint density at radius 3 is 2.72 bits per heavy atom. The second kappa shape index (κ2) is 6.73. The highest BCUT2D eigenvalue weighted by Gasteiger charge is 2.26. The maximum absolute atomic E-state index is 9.74. The summed E-state index contributed by atoms with van der Waals surface area (Å²) in [6.07, 6.45) is 2.14. The van der Waals surface area contributed by atoms with E-state index in [0.29, 0.717) is 0 Å². The number of fused-ring (bicyclic) bond motifs is 1. The second-order valence-electron chi connectivity index (χ2n) is 6.44. The van der Waals surface area contributed by atoms with E-state index in [9.17, 15) is 5.11 Å². The number of nitrogens with zero attached hydrogens (tertiary/aromatic N) is 2. The van der Waals surface area contributed by atoms with Gasteiger partial charge in [0.15, 0.2) is 0 Å². The molecule has 4 nitrogen and oxygen atoms in total. The van der Waals surface area contributed by atoms with Crippen molar-refractivity contribution in [1.82, 2.24) is 4.98 Å². The van der Waals surface area contributed by atoms with Crippen LogP contribution < -0.4 is 9.64 Å². The molecule has 1 aliphatic heterocycles. The van der Waals surface area contributed by atoms with E-state index in [1.54, 1.807) is 7.11 Å². The summed E-state index contributed by atoms with van der Waals surface area (Å²) in [6, 6.07) is 18.6. The van der Waals surface area contributed by atoms with E-state index in [1.807, 2.05) is 36.4 Å². The van der Waals surface area contributed by atoms with Crippen LogP contribution in [0, 0.1) is 0 Å². The Labute approximate surface area is 147 Å². The Balaban J connectivity index is 1.85. The molecule has 0 saturated carbocycles. The Morgan fingerprint density at radius 2 is 1.96 bits per heavy atom. The average Bonchev–Trinajstić information content (AvgIpc) is 3.16. The highest BCUT2D eigenvalue weighted by Crippen LogP contribution is 2.35. The Bertz CT molecular complexity index is 877. The molecule has 4 heteroatoms. The maximum atomic E-state index is 9.74. The van der Waals surface area contributed by atoms with Crippen molar-refractivity contribution in [2.24, 2.45) is 0 Å². The molecule has 0 spiro atoms. The Morgan fingerprint density at radius 1 is 1.16 bits per heavy atom. The molecule has 1 fully saturated rings. The van der Waals surface area contributed by atoms with Gasteiger partial charge in [0.1, 0.15) is 5.75 Å². The van der Waals surface area contributed by atoms with Crippen molar-refractivity contribution < 1.29 is 9.84 Å². The van der Waals surface area contributed by atoms with Crippen LogP contribution in [0.1, 0.15) is 12.8 Å². The smallest absolute Gasteiger partial charge is 0.118 e. The Hall–Kier alpha value is -2.59. The van der Waals surface area contributed by atoms with Crippen molar-refractivity contribution >= 4 is 16.6 Å². The first-order valence-electron chi connectivity index (χ1n) is 8.72. The molecule has 128 valence electrons. The largest absolute Gasteiger partial charge is 0.497 e. The lowest BCUT2D eigenvalue weighted by molar-refractivity contribution is 0.266. The summed E-state index contributed by atoms with van der Waals surface area (Å²) in [4.78, 5) is 7.18. The molecule has 0 amide bonds. The third-order valence-electron chi connectivity index (χ3n) is 4.98. The van der Waals surface area contributed by atoms with Crippen LogP contribution in [0.15, 0.2) is 54.6 Å². The fraction of sp³-hybridized carbons (Fsp3) is 0.286. The number of ether oxygens (including phenoxy) is 1. The first kappa shape index (κ1) is 15.9. The van der Waals surface area contributed by atoms with Crippen LogP contribution in [0.25, 0.3) is 22.2 Å². The van der Waals surface area contributed by atoms with Crippen molar-refractivity contribution in [3.8, 4) is 17.0 Å². The summed E-state index contributed by atoms with van der Waals surface area (Å²) in [7, 11) is 1.67. The number of hydrogen-bond donors (Lipinski definition) is 1. The van der Waals surface area contributed by atoms with Crippen LogP contribution in [0.4, 0.5) is 5.69 Å². The predicted octanol–water partition coefficient (Wildman–Crippen LogP) is 3.87. The van der Waals surface area contributed by atoms with Gasteiger partial charge in [0.25, 0.3) is 0 Å². The zero-order valence-electron chi connectivity index (χ0n) is 14.4. The standard InChI is InChI=1S/C21H22N2O2/c1-25-17-10-8-15(9-11-17)20-13-21(23-12-4-5-16(23)14-24)18-6-2-3-7-19(18)22-20/h2-3,6-11,13,16,24H,4-5,12,14H2,1H3. The molecule has 1 unspecified atom stereocenters. The van der Waals surface area contributed by atoms with Crippen LogP contribution in [0.2, 0.25) is 0 Å². The summed E-state index contributed by atoms with van der Waals surface area (Å²) in [6.45, 7) is 1.16. The van der Waals surface area contributed by atoms with Crippen molar-refractivity contribution in [3.05, 3.63) is 54.6 Å². The van der Waals surface area contributed by atoms with E-state index in [0.717, 1.165) is 53.0 Å². The number of hydrogen-bond acceptors (Lipinski definition) is 4. The molecule has 2 heterocycles. The number of aromatic nitrogens is 1. The summed E-state index contributed by atoms with van der Waals surface area (Å²) in [5, 5.41) is 10.9. The number of aliphatic hydroxyl groups excluding tert-OH is 1. The van der Waals surface area contributed by atoms with Crippen molar-refractivity contribution in [2.45, 2.75) is 18.9 Å². The average molecular weight is 334 g/mol. The molecule has 1 N–H and O–H groups in total. The number of rotatable bonds is 4. The number of pyridine rings is 1. The van der Waals surface area contributed by atoms with Gasteiger partial charge in [0, 0.05) is 23.2 Å². The molecule has 3 aromatic rings. The van der Waals surface area contributed by atoms with Crippen molar-refractivity contribution in [2.75, 3.05) is 25.2 Å². The lowest BCUT2D eigenvalue weighted by atomic mass is 10.1. The van der Waals surface area contributed by atoms with Gasteiger partial charge >= 0.3 is 0 Å². The fourth-order valence-electron chi connectivity index (χ4n) is 3.65. The summed E-state index contributed by atoms with van der Waals surface area (Å²) in [5.41, 5.74) is 4.15. The zero-order chi connectivity index (χ0) is 17.2. The van der Waals surface area contributed by atoms with Gasteiger partial charge in [-0.2, -0.15) is 0 Å². The first-order chi connectivity index (χ1) is 12.3. The maximum Gasteiger partial charge on any atom is 0.118 e. The van der Waals surface area contributed by atoms with Gasteiger partial charge in [0.2, 0.25) is 0 Å². The minimum atomic E-state index is 0.189. The van der Waals surface area contributed by atoms with E-state index in [-0.39, 0.29) is 12.6 Å². The van der Waals surface area contributed by atoms with Crippen LogP contribution in [-0.4, -0.2) is 36.4 Å². The zero-order valence-corrected chi connectivity index (χ0v) is 14.4. The summed E-state index contributed by atoms with van der Waals surface area (Å²) < 4.78 is 5.25. The number of anilines is 1. The van der Waals surface area contributed by atoms with E-state index in [4.69, 9.17) is 9.72 Å². The fourth-order valence-corrected chi connectivity index (χ4v) is 3.65.